The number of nitrogens with zero attached hydrogens (tertiary/aromatic N) is 3. The number of carbonyl (C=O) groups is 2. The molecule has 2 amide bonds. The fourth-order valence-corrected chi connectivity index (χ4v) is 3.58. The number of aryl methyl sites for hydroxylation is 1. The Morgan fingerprint density at radius 2 is 1.90 bits per heavy atom. The lowest BCUT2D eigenvalue weighted by Gasteiger charge is -2.16. The summed E-state index contributed by atoms with van der Waals surface area (Å²) in [6, 6.07) is 15.9. The Hall–Kier alpha value is -3.55. The molecule has 0 saturated carbocycles. The maximum Gasteiger partial charge on any atom is 0.246 e. The Morgan fingerprint density at radius 1 is 1.13 bits per heavy atom. The number of rotatable bonds is 8. The van der Waals surface area contributed by atoms with E-state index in [1.54, 1.807) is 17.0 Å². The van der Waals surface area contributed by atoms with Gasteiger partial charge in [-0.05, 0) is 29.7 Å². The van der Waals surface area contributed by atoms with Crippen molar-refractivity contribution in [2.45, 2.75) is 38.3 Å². The first-order valence-electron chi connectivity index (χ1n) is 10.2. The summed E-state index contributed by atoms with van der Waals surface area (Å²) in [4.78, 5) is 30.5. The highest BCUT2D eigenvalue weighted by Crippen LogP contribution is 2.27. The molecule has 4 rings (SSSR count). The summed E-state index contributed by atoms with van der Waals surface area (Å²) in [6.07, 6.45) is 1.33. The van der Waals surface area contributed by atoms with Crippen LogP contribution in [0.3, 0.4) is 0 Å². The number of benzene rings is 2. The van der Waals surface area contributed by atoms with Gasteiger partial charge in [0.05, 0.1) is 6.54 Å². The molecule has 1 saturated heterocycles. The first-order valence-corrected chi connectivity index (χ1v) is 10.2. The summed E-state index contributed by atoms with van der Waals surface area (Å²) in [7, 11) is 0. The minimum atomic E-state index is -0.305. The fraction of sp³-hybridized carbons (Fsp3) is 0.304. The first kappa shape index (κ1) is 20.7. The second-order valence-electron chi connectivity index (χ2n) is 7.61. The summed E-state index contributed by atoms with van der Waals surface area (Å²) >= 11 is 0. The van der Waals surface area contributed by atoms with E-state index in [2.05, 4.69) is 15.5 Å². The molecule has 160 valence electrons. The van der Waals surface area contributed by atoms with Gasteiger partial charge in [0, 0.05) is 31.8 Å². The molecule has 2 heterocycles. The van der Waals surface area contributed by atoms with E-state index < -0.39 is 0 Å². The van der Waals surface area contributed by atoms with Crippen molar-refractivity contribution >= 4 is 11.8 Å². The molecule has 1 aromatic heterocycles. The molecule has 7 nitrogen and oxygen atoms in total. The average molecular weight is 422 g/mol. The van der Waals surface area contributed by atoms with Gasteiger partial charge < -0.3 is 14.7 Å². The molecular formula is C23H23FN4O3. The summed E-state index contributed by atoms with van der Waals surface area (Å²) in [5.74, 6) is 0.205. The van der Waals surface area contributed by atoms with E-state index in [0.29, 0.717) is 44.1 Å². The number of aromatic nitrogens is 2. The van der Waals surface area contributed by atoms with Crippen LogP contribution in [-0.4, -0.2) is 33.4 Å². The zero-order valence-corrected chi connectivity index (χ0v) is 17.0. The lowest BCUT2D eigenvalue weighted by molar-refractivity contribution is -0.128. The Labute approximate surface area is 179 Å². The minimum absolute atomic E-state index is 0.00473. The Bertz CT molecular complexity index is 1040. The van der Waals surface area contributed by atoms with E-state index in [-0.39, 0.29) is 30.1 Å². The Morgan fingerprint density at radius 3 is 2.68 bits per heavy atom. The summed E-state index contributed by atoms with van der Waals surface area (Å²) < 4.78 is 18.3. The third-order valence-corrected chi connectivity index (χ3v) is 5.27. The van der Waals surface area contributed by atoms with E-state index in [0.717, 1.165) is 11.1 Å². The van der Waals surface area contributed by atoms with Crippen molar-refractivity contribution in [3.63, 3.8) is 0 Å². The molecule has 2 aromatic carbocycles. The van der Waals surface area contributed by atoms with Gasteiger partial charge in [-0.3, -0.25) is 9.59 Å². The van der Waals surface area contributed by atoms with E-state index in [1.165, 1.54) is 12.1 Å². The van der Waals surface area contributed by atoms with E-state index >= 15 is 0 Å². The summed E-state index contributed by atoms with van der Waals surface area (Å²) in [5, 5.41) is 6.78. The van der Waals surface area contributed by atoms with E-state index in [9.17, 15) is 14.0 Å². The van der Waals surface area contributed by atoms with Crippen LogP contribution in [0.25, 0.3) is 0 Å². The van der Waals surface area contributed by atoms with Crippen LogP contribution in [-0.2, 0) is 29.1 Å². The average Bonchev–Trinajstić information content (AvgIpc) is 3.40. The number of nitrogens with one attached hydrogen (secondary N) is 1. The normalized spacial score (nSPS) is 16.0. The van der Waals surface area contributed by atoms with Crippen molar-refractivity contribution in [2.24, 2.45) is 0 Å². The minimum Gasteiger partial charge on any atom is -0.347 e. The second kappa shape index (κ2) is 9.51. The molecule has 0 bridgehead atoms. The van der Waals surface area contributed by atoms with Gasteiger partial charge in [0.1, 0.15) is 5.82 Å². The molecule has 0 radical (unpaired) electrons. The second-order valence-corrected chi connectivity index (χ2v) is 7.61. The van der Waals surface area contributed by atoms with Crippen molar-refractivity contribution in [1.29, 1.82) is 0 Å². The third-order valence-electron chi connectivity index (χ3n) is 5.27. The summed E-state index contributed by atoms with van der Waals surface area (Å²) in [5.41, 5.74) is 1.97. The van der Waals surface area contributed by atoms with Gasteiger partial charge in [-0.1, -0.05) is 47.6 Å². The molecule has 8 heteroatoms. The number of likely N-dealkylation sites (tertiary alicyclic amines) is 1. The van der Waals surface area contributed by atoms with Crippen LogP contribution in [0.2, 0.25) is 0 Å². The van der Waals surface area contributed by atoms with Crippen molar-refractivity contribution < 1.29 is 18.5 Å². The maximum absolute atomic E-state index is 13.1. The third kappa shape index (κ3) is 5.53. The zero-order valence-electron chi connectivity index (χ0n) is 17.0. The molecular weight excluding hydrogens is 399 g/mol. The lowest BCUT2D eigenvalue weighted by Crippen LogP contribution is -2.24. The molecule has 0 spiro atoms. The van der Waals surface area contributed by atoms with Crippen molar-refractivity contribution in [2.75, 3.05) is 6.54 Å². The number of halogens is 1. The fourth-order valence-electron chi connectivity index (χ4n) is 3.58. The van der Waals surface area contributed by atoms with Crippen LogP contribution in [0.1, 0.15) is 41.6 Å². The van der Waals surface area contributed by atoms with Gasteiger partial charge in [-0.15, -0.1) is 0 Å². The molecule has 1 aliphatic heterocycles. The highest BCUT2D eigenvalue weighted by atomic mass is 19.1. The standard InChI is InChI=1S/C23H23FN4O3/c24-19-9-6-17(7-10-19)14-28-15-18(12-22(28)30)23-26-21(31-27-23)13-25-20(29)11-8-16-4-2-1-3-5-16/h1-7,9-10,18H,8,11-15H2,(H,25,29)/t18-/m0/s1. The molecule has 1 atom stereocenters. The molecule has 1 fully saturated rings. The predicted molar refractivity (Wildman–Crippen MR) is 110 cm³/mol. The van der Waals surface area contributed by atoms with Crippen LogP contribution >= 0.6 is 0 Å². The monoisotopic (exact) mass is 422 g/mol. The highest BCUT2D eigenvalue weighted by Gasteiger charge is 2.33. The number of amides is 2. The van der Waals surface area contributed by atoms with Gasteiger partial charge in [-0.2, -0.15) is 4.98 Å². The predicted octanol–water partition coefficient (Wildman–Crippen LogP) is 2.97. The van der Waals surface area contributed by atoms with Crippen LogP contribution in [0.5, 0.6) is 0 Å². The molecule has 0 aliphatic carbocycles. The maximum atomic E-state index is 13.1. The number of carbonyl (C=O) groups excluding carboxylic acids is 2. The van der Waals surface area contributed by atoms with Gasteiger partial charge in [0.2, 0.25) is 17.7 Å². The molecule has 0 unspecified atom stereocenters. The molecule has 1 N–H and O–H groups in total. The molecule has 1 aliphatic rings. The van der Waals surface area contributed by atoms with Crippen LogP contribution in [0.4, 0.5) is 4.39 Å². The van der Waals surface area contributed by atoms with Crippen molar-refractivity contribution in [3.05, 3.63) is 83.3 Å². The first-order chi connectivity index (χ1) is 15.1. The topological polar surface area (TPSA) is 88.3 Å². The van der Waals surface area contributed by atoms with Gasteiger partial charge in [0.25, 0.3) is 0 Å². The van der Waals surface area contributed by atoms with E-state index in [4.69, 9.17) is 4.52 Å². The van der Waals surface area contributed by atoms with Crippen molar-refractivity contribution in [1.82, 2.24) is 20.4 Å². The lowest BCUT2D eigenvalue weighted by atomic mass is 10.1. The van der Waals surface area contributed by atoms with Crippen molar-refractivity contribution in [3.8, 4) is 0 Å². The Kier molecular flexibility index (Phi) is 6.35. The number of hydrogen-bond acceptors (Lipinski definition) is 5. The largest absolute Gasteiger partial charge is 0.347 e. The van der Waals surface area contributed by atoms with Crippen LogP contribution < -0.4 is 5.32 Å². The smallest absolute Gasteiger partial charge is 0.246 e. The summed E-state index contributed by atoms with van der Waals surface area (Å²) in [6.45, 7) is 1.04. The highest BCUT2D eigenvalue weighted by molar-refractivity contribution is 5.79. The number of hydrogen-bond donors (Lipinski definition) is 1. The molecule has 3 aromatic rings. The van der Waals surface area contributed by atoms with Gasteiger partial charge in [-0.25, -0.2) is 4.39 Å². The Balaban J connectivity index is 1.26. The zero-order chi connectivity index (χ0) is 21.6. The van der Waals surface area contributed by atoms with E-state index in [1.807, 2.05) is 30.3 Å². The van der Waals surface area contributed by atoms with Gasteiger partial charge >= 0.3 is 0 Å². The SMILES string of the molecule is O=C(CCc1ccccc1)NCc1nc([C@H]2CC(=O)N(Cc3ccc(F)cc3)C2)no1. The van der Waals surface area contributed by atoms with Crippen LogP contribution in [0.15, 0.2) is 59.1 Å². The quantitative estimate of drug-likeness (QED) is 0.603. The van der Waals surface area contributed by atoms with Crippen LogP contribution in [0, 0.1) is 5.82 Å². The van der Waals surface area contributed by atoms with Gasteiger partial charge in [0.15, 0.2) is 5.82 Å². The molecule has 31 heavy (non-hydrogen) atoms.